The van der Waals surface area contributed by atoms with Gasteiger partial charge in [0, 0.05) is 30.4 Å². The largest absolute Gasteiger partial charge is 0.314 e. The Morgan fingerprint density at radius 2 is 1.89 bits per heavy atom. The van der Waals surface area contributed by atoms with Crippen LogP contribution in [0, 0.1) is 0 Å². The molecule has 0 unspecified atom stereocenters. The number of hydrogen-bond acceptors (Lipinski definition) is 2. The van der Waals surface area contributed by atoms with Crippen LogP contribution < -0.4 is 5.32 Å². The molecule has 1 rings (SSSR count). The lowest BCUT2D eigenvalue weighted by molar-refractivity contribution is 0.324. The van der Waals surface area contributed by atoms with Crippen LogP contribution in [0.25, 0.3) is 0 Å². The first-order valence-electron chi connectivity index (χ1n) is 7.28. The van der Waals surface area contributed by atoms with E-state index in [9.17, 15) is 0 Å². The number of rotatable bonds is 8. The zero-order valence-corrected chi connectivity index (χ0v) is 12.4. The van der Waals surface area contributed by atoms with E-state index in [2.05, 4.69) is 50.1 Å². The zero-order chi connectivity index (χ0) is 13.4. The van der Waals surface area contributed by atoms with E-state index in [1.54, 1.807) is 0 Å². The fourth-order valence-electron chi connectivity index (χ4n) is 2.73. The van der Waals surface area contributed by atoms with E-state index in [1.165, 1.54) is 31.2 Å². The van der Waals surface area contributed by atoms with Crippen molar-refractivity contribution < 1.29 is 0 Å². The molecule has 0 aliphatic carbocycles. The van der Waals surface area contributed by atoms with Gasteiger partial charge in [-0.25, -0.2) is 0 Å². The highest BCUT2D eigenvalue weighted by molar-refractivity contribution is 5.22. The predicted octanol–water partition coefficient (Wildman–Crippen LogP) is 3.92. The Kier molecular flexibility index (Phi) is 6.34. The minimum Gasteiger partial charge on any atom is -0.314 e. The van der Waals surface area contributed by atoms with Crippen molar-refractivity contribution in [1.82, 2.24) is 10.3 Å². The highest BCUT2D eigenvalue weighted by Gasteiger charge is 2.30. The standard InChI is InChI=1S/C16H28N2/c1-5-9-16(10-6-2,13-18-14(3)4)15-8-7-11-17-12-15/h7-8,11-12,14,18H,5-6,9-10,13H2,1-4H3. The Balaban J connectivity index is 2.96. The van der Waals surface area contributed by atoms with Crippen LogP contribution in [0.15, 0.2) is 24.5 Å². The van der Waals surface area contributed by atoms with Gasteiger partial charge in [0.1, 0.15) is 0 Å². The third-order valence-electron chi connectivity index (χ3n) is 3.58. The van der Waals surface area contributed by atoms with Gasteiger partial charge < -0.3 is 5.32 Å². The molecule has 0 amide bonds. The van der Waals surface area contributed by atoms with Crippen LogP contribution in [0.2, 0.25) is 0 Å². The number of nitrogens with zero attached hydrogens (tertiary/aromatic N) is 1. The lowest BCUT2D eigenvalue weighted by atomic mass is 9.74. The Hall–Kier alpha value is -0.890. The van der Waals surface area contributed by atoms with Gasteiger partial charge in [-0.15, -0.1) is 0 Å². The fourth-order valence-corrected chi connectivity index (χ4v) is 2.73. The molecular weight excluding hydrogens is 220 g/mol. The SMILES string of the molecule is CCCC(CCC)(CNC(C)C)c1cccnc1. The molecule has 1 aromatic heterocycles. The lowest BCUT2D eigenvalue weighted by Gasteiger charge is -2.35. The van der Waals surface area contributed by atoms with Crippen LogP contribution in [-0.4, -0.2) is 17.6 Å². The van der Waals surface area contributed by atoms with Gasteiger partial charge in [-0.05, 0) is 24.5 Å². The Morgan fingerprint density at radius 3 is 2.33 bits per heavy atom. The second-order valence-corrected chi connectivity index (χ2v) is 5.56. The van der Waals surface area contributed by atoms with Crippen LogP contribution >= 0.6 is 0 Å². The quantitative estimate of drug-likeness (QED) is 0.754. The van der Waals surface area contributed by atoms with Crippen LogP contribution in [0.3, 0.4) is 0 Å². The van der Waals surface area contributed by atoms with E-state index in [-0.39, 0.29) is 5.41 Å². The van der Waals surface area contributed by atoms with E-state index in [0.29, 0.717) is 6.04 Å². The molecule has 0 aromatic carbocycles. The Morgan fingerprint density at radius 1 is 1.22 bits per heavy atom. The average molecular weight is 248 g/mol. The summed E-state index contributed by atoms with van der Waals surface area (Å²) in [6.07, 6.45) is 8.80. The molecule has 1 aromatic rings. The first-order chi connectivity index (χ1) is 8.64. The summed E-state index contributed by atoms with van der Waals surface area (Å²) in [6, 6.07) is 4.83. The van der Waals surface area contributed by atoms with Gasteiger partial charge in [-0.1, -0.05) is 46.6 Å². The van der Waals surface area contributed by atoms with Gasteiger partial charge in [0.15, 0.2) is 0 Å². The number of pyridine rings is 1. The molecule has 2 heteroatoms. The van der Waals surface area contributed by atoms with Crippen molar-refractivity contribution >= 4 is 0 Å². The minimum absolute atomic E-state index is 0.252. The number of nitrogens with one attached hydrogen (secondary N) is 1. The third kappa shape index (κ3) is 4.09. The van der Waals surface area contributed by atoms with E-state index in [4.69, 9.17) is 0 Å². The van der Waals surface area contributed by atoms with E-state index in [1.807, 2.05) is 12.4 Å². The maximum Gasteiger partial charge on any atom is 0.0306 e. The first-order valence-corrected chi connectivity index (χ1v) is 7.28. The molecule has 1 N–H and O–H groups in total. The molecule has 2 nitrogen and oxygen atoms in total. The monoisotopic (exact) mass is 248 g/mol. The van der Waals surface area contributed by atoms with E-state index in [0.717, 1.165) is 6.54 Å². The van der Waals surface area contributed by atoms with Gasteiger partial charge >= 0.3 is 0 Å². The van der Waals surface area contributed by atoms with Crippen LogP contribution in [0.1, 0.15) is 58.9 Å². The van der Waals surface area contributed by atoms with Gasteiger partial charge in [-0.2, -0.15) is 0 Å². The topological polar surface area (TPSA) is 24.9 Å². The van der Waals surface area contributed by atoms with Gasteiger partial charge in [0.25, 0.3) is 0 Å². The second kappa shape index (κ2) is 7.52. The van der Waals surface area contributed by atoms with Crippen LogP contribution in [0.4, 0.5) is 0 Å². The van der Waals surface area contributed by atoms with Crippen molar-refractivity contribution in [3.63, 3.8) is 0 Å². The molecule has 0 saturated heterocycles. The molecule has 0 fully saturated rings. The Bertz CT molecular complexity index is 313. The van der Waals surface area contributed by atoms with Crippen molar-refractivity contribution in [3.05, 3.63) is 30.1 Å². The van der Waals surface area contributed by atoms with E-state index < -0.39 is 0 Å². The van der Waals surface area contributed by atoms with Crippen molar-refractivity contribution in [3.8, 4) is 0 Å². The normalized spacial score (nSPS) is 12.1. The minimum atomic E-state index is 0.252. The summed E-state index contributed by atoms with van der Waals surface area (Å²) in [5.74, 6) is 0. The highest BCUT2D eigenvalue weighted by atomic mass is 14.9. The Labute approximate surface area is 112 Å². The molecule has 0 aliphatic heterocycles. The van der Waals surface area contributed by atoms with Crippen molar-refractivity contribution in [1.29, 1.82) is 0 Å². The summed E-state index contributed by atoms with van der Waals surface area (Å²) in [5, 5.41) is 3.63. The fraction of sp³-hybridized carbons (Fsp3) is 0.688. The molecule has 18 heavy (non-hydrogen) atoms. The second-order valence-electron chi connectivity index (χ2n) is 5.56. The number of aromatic nitrogens is 1. The maximum atomic E-state index is 4.31. The summed E-state index contributed by atoms with van der Waals surface area (Å²) in [7, 11) is 0. The average Bonchev–Trinajstić information content (AvgIpc) is 2.37. The summed E-state index contributed by atoms with van der Waals surface area (Å²) < 4.78 is 0. The van der Waals surface area contributed by atoms with Gasteiger partial charge in [0.05, 0.1) is 0 Å². The van der Waals surface area contributed by atoms with Gasteiger partial charge in [-0.3, -0.25) is 4.98 Å². The zero-order valence-electron chi connectivity index (χ0n) is 12.4. The van der Waals surface area contributed by atoms with Crippen molar-refractivity contribution in [2.45, 2.75) is 64.8 Å². The number of hydrogen-bond donors (Lipinski definition) is 1. The smallest absolute Gasteiger partial charge is 0.0306 e. The summed E-state index contributed by atoms with van der Waals surface area (Å²) in [4.78, 5) is 4.31. The summed E-state index contributed by atoms with van der Waals surface area (Å²) in [6.45, 7) is 10.0. The molecule has 0 bridgehead atoms. The molecule has 0 atom stereocenters. The molecule has 0 spiro atoms. The summed E-state index contributed by atoms with van der Waals surface area (Å²) >= 11 is 0. The molecule has 0 radical (unpaired) electrons. The molecule has 1 heterocycles. The van der Waals surface area contributed by atoms with Crippen molar-refractivity contribution in [2.75, 3.05) is 6.54 Å². The lowest BCUT2D eigenvalue weighted by Crippen LogP contribution is -2.41. The molecule has 0 saturated carbocycles. The van der Waals surface area contributed by atoms with Crippen LogP contribution in [0.5, 0.6) is 0 Å². The molecular formula is C16H28N2. The molecule has 102 valence electrons. The van der Waals surface area contributed by atoms with E-state index >= 15 is 0 Å². The predicted molar refractivity (Wildman–Crippen MR) is 78.9 cm³/mol. The molecule has 0 aliphatic rings. The first kappa shape index (κ1) is 15.2. The third-order valence-corrected chi connectivity index (χ3v) is 3.58. The van der Waals surface area contributed by atoms with Crippen molar-refractivity contribution in [2.24, 2.45) is 0 Å². The van der Waals surface area contributed by atoms with Gasteiger partial charge in [0.2, 0.25) is 0 Å². The van der Waals surface area contributed by atoms with Crippen LogP contribution in [-0.2, 0) is 5.41 Å². The highest BCUT2D eigenvalue weighted by Crippen LogP contribution is 2.33. The maximum absolute atomic E-state index is 4.31. The summed E-state index contributed by atoms with van der Waals surface area (Å²) in [5.41, 5.74) is 1.64.